The van der Waals surface area contributed by atoms with Crippen LogP contribution in [-0.4, -0.2) is 24.6 Å². The van der Waals surface area contributed by atoms with Crippen molar-refractivity contribution in [1.29, 1.82) is 0 Å². The predicted octanol–water partition coefficient (Wildman–Crippen LogP) is 2.02. The molecule has 6 nitrogen and oxygen atoms in total. The van der Waals surface area contributed by atoms with Crippen LogP contribution in [0.15, 0.2) is 36.8 Å². The number of hydrogen-bond donors (Lipinski definition) is 2. The number of aromatic nitrogens is 5. The second-order valence-corrected chi connectivity index (χ2v) is 4.02. The minimum atomic E-state index is 0.0948. The Hall–Kier alpha value is -2.37. The van der Waals surface area contributed by atoms with Crippen molar-refractivity contribution in [2.45, 2.75) is 19.4 Å². The van der Waals surface area contributed by atoms with Crippen LogP contribution in [0.2, 0.25) is 0 Å². The fourth-order valence-electron chi connectivity index (χ4n) is 1.88. The molecule has 0 aromatic carbocycles. The van der Waals surface area contributed by atoms with Crippen LogP contribution >= 0.6 is 0 Å². The van der Waals surface area contributed by atoms with E-state index in [2.05, 4.69) is 32.3 Å². The van der Waals surface area contributed by atoms with Gasteiger partial charge in [-0.3, -0.25) is 0 Å². The molecule has 0 bridgehead atoms. The lowest BCUT2D eigenvalue weighted by Crippen LogP contribution is -2.12. The lowest BCUT2D eigenvalue weighted by molar-refractivity contribution is 0.695. The molecule has 0 radical (unpaired) electrons. The Labute approximate surface area is 104 Å². The average molecular weight is 242 g/mol. The first-order valence-electron chi connectivity index (χ1n) is 5.94. The molecule has 0 fully saturated rings. The molecule has 0 spiro atoms. The number of nitrogens with zero attached hydrogens (tertiary/aromatic N) is 4. The molecule has 18 heavy (non-hydrogen) atoms. The molecule has 0 saturated heterocycles. The van der Waals surface area contributed by atoms with Gasteiger partial charge in [0.25, 0.3) is 0 Å². The van der Waals surface area contributed by atoms with E-state index in [1.165, 1.54) is 0 Å². The zero-order valence-corrected chi connectivity index (χ0v) is 10.0. The first-order valence-corrected chi connectivity index (χ1v) is 5.94. The van der Waals surface area contributed by atoms with Crippen molar-refractivity contribution in [3.8, 4) is 0 Å². The van der Waals surface area contributed by atoms with Crippen molar-refractivity contribution < 1.29 is 0 Å². The van der Waals surface area contributed by atoms with Gasteiger partial charge in [-0.25, -0.2) is 9.50 Å². The maximum Gasteiger partial charge on any atom is 0.243 e. The third kappa shape index (κ3) is 1.92. The van der Waals surface area contributed by atoms with E-state index < -0.39 is 0 Å². The summed E-state index contributed by atoms with van der Waals surface area (Å²) < 4.78 is 1.75. The maximum absolute atomic E-state index is 4.41. The minimum Gasteiger partial charge on any atom is -0.347 e. The standard InChI is InChI=1S/C12H14N6/c1-2-9(11-13-6-7-14-11)15-12-16-10-5-3-4-8-18(10)17-12/h3-9H,2H2,1H3,(H,13,14)(H,15,17). The third-order valence-electron chi connectivity index (χ3n) is 2.80. The summed E-state index contributed by atoms with van der Waals surface area (Å²) in [5, 5.41) is 7.65. The van der Waals surface area contributed by atoms with E-state index in [0.29, 0.717) is 5.95 Å². The van der Waals surface area contributed by atoms with Gasteiger partial charge in [0.1, 0.15) is 5.82 Å². The van der Waals surface area contributed by atoms with E-state index in [0.717, 1.165) is 17.9 Å². The lowest BCUT2D eigenvalue weighted by Gasteiger charge is -2.12. The van der Waals surface area contributed by atoms with Gasteiger partial charge in [0.2, 0.25) is 5.95 Å². The summed E-state index contributed by atoms with van der Waals surface area (Å²) >= 11 is 0. The Kier molecular flexibility index (Phi) is 2.68. The molecule has 1 unspecified atom stereocenters. The van der Waals surface area contributed by atoms with Crippen LogP contribution < -0.4 is 5.32 Å². The SMILES string of the molecule is CCC(Nc1nc2ccccn2n1)c1ncc[nH]1. The zero-order valence-electron chi connectivity index (χ0n) is 10.0. The number of aromatic amines is 1. The molecule has 0 amide bonds. The molecule has 3 aromatic heterocycles. The van der Waals surface area contributed by atoms with Gasteiger partial charge >= 0.3 is 0 Å². The fourth-order valence-corrected chi connectivity index (χ4v) is 1.88. The highest BCUT2D eigenvalue weighted by Crippen LogP contribution is 2.17. The number of pyridine rings is 1. The van der Waals surface area contributed by atoms with Crippen LogP contribution in [0.4, 0.5) is 5.95 Å². The van der Waals surface area contributed by atoms with E-state index in [4.69, 9.17) is 0 Å². The number of rotatable bonds is 4. The second kappa shape index (κ2) is 4.48. The number of fused-ring (bicyclic) bond motifs is 1. The molecular formula is C12H14N6. The molecule has 3 aromatic rings. The highest BCUT2D eigenvalue weighted by Gasteiger charge is 2.13. The van der Waals surface area contributed by atoms with Gasteiger partial charge in [0, 0.05) is 18.6 Å². The molecular weight excluding hydrogens is 228 g/mol. The Morgan fingerprint density at radius 1 is 1.44 bits per heavy atom. The van der Waals surface area contributed by atoms with Crippen molar-refractivity contribution in [3.63, 3.8) is 0 Å². The molecule has 0 aliphatic heterocycles. The summed E-state index contributed by atoms with van der Waals surface area (Å²) in [6.07, 6.45) is 6.35. The summed E-state index contributed by atoms with van der Waals surface area (Å²) in [6, 6.07) is 5.89. The fraction of sp³-hybridized carbons (Fsp3) is 0.250. The predicted molar refractivity (Wildman–Crippen MR) is 68.2 cm³/mol. The summed E-state index contributed by atoms with van der Waals surface area (Å²) in [4.78, 5) is 11.8. The van der Waals surface area contributed by atoms with E-state index in [1.807, 2.05) is 30.6 Å². The first kappa shape index (κ1) is 10.8. The van der Waals surface area contributed by atoms with Crippen LogP contribution in [0, 0.1) is 0 Å². The van der Waals surface area contributed by atoms with Gasteiger partial charge < -0.3 is 10.3 Å². The van der Waals surface area contributed by atoms with Gasteiger partial charge in [0.15, 0.2) is 5.65 Å². The molecule has 1 atom stereocenters. The largest absolute Gasteiger partial charge is 0.347 e. The summed E-state index contributed by atoms with van der Waals surface area (Å²) in [7, 11) is 0. The van der Waals surface area contributed by atoms with E-state index >= 15 is 0 Å². The van der Waals surface area contributed by atoms with Crippen molar-refractivity contribution in [2.75, 3.05) is 5.32 Å². The molecule has 2 N–H and O–H groups in total. The van der Waals surface area contributed by atoms with Crippen LogP contribution in [0.5, 0.6) is 0 Å². The zero-order chi connectivity index (χ0) is 12.4. The van der Waals surface area contributed by atoms with Gasteiger partial charge in [-0.15, -0.1) is 5.10 Å². The van der Waals surface area contributed by atoms with Gasteiger partial charge in [-0.2, -0.15) is 4.98 Å². The monoisotopic (exact) mass is 242 g/mol. The average Bonchev–Trinajstić information content (AvgIpc) is 3.04. The van der Waals surface area contributed by atoms with Crippen molar-refractivity contribution in [2.24, 2.45) is 0 Å². The molecule has 92 valence electrons. The number of imidazole rings is 1. The van der Waals surface area contributed by atoms with Crippen LogP contribution in [0.3, 0.4) is 0 Å². The molecule has 0 saturated carbocycles. The smallest absolute Gasteiger partial charge is 0.243 e. The Bertz CT molecular complexity index is 594. The van der Waals surface area contributed by atoms with E-state index in [9.17, 15) is 0 Å². The third-order valence-corrected chi connectivity index (χ3v) is 2.80. The first-order chi connectivity index (χ1) is 8.86. The molecule has 3 heterocycles. The van der Waals surface area contributed by atoms with Gasteiger partial charge in [-0.05, 0) is 18.6 Å². The van der Waals surface area contributed by atoms with Crippen LogP contribution in [0.1, 0.15) is 25.2 Å². The molecule has 3 rings (SSSR count). The normalized spacial score (nSPS) is 12.7. The summed E-state index contributed by atoms with van der Waals surface area (Å²) in [5.41, 5.74) is 0.828. The highest BCUT2D eigenvalue weighted by atomic mass is 15.3. The molecule has 0 aliphatic carbocycles. The Balaban J connectivity index is 1.86. The van der Waals surface area contributed by atoms with E-state index in [-0.39, 0.29) is 6.04 Å². The van der Waals surface area contributed by atoms with E-state index in [1.54, 1.807) is 10.7 Å². The van der Waals surface area contributed by atoms with Crippen molar-refractivity contribution >= 4 is 11.6 Å². The summed E-state index contributed by atoms with van der Waals surface area (Å²) in [5.74, 6) is 1.51. The minimum absolute atomic E-state index is 0.0948. The summed E-state index contributed by atoms with van der Waals surface area (Å²) in [6.45, 7) is 2.09. The molecule has 6 heteroatoms. The van der Waals surface area contributed by atoms with Crippen LogP contribution in [0.25, 0.3) is 5.65 Å². The number of hydrogen-bond acceptors (Lipinski definition) is 4. The molecule has 0 aliphatic rings. The number of H-pyrrole nitrogens is 1. The number of nitrogens with one attached hydrogen (secondary N) is 2. The Morgan fingerprint density at radius 2 is 2.39 bits per heavy atom. The topological polar surface area (TPSA) is 70.9 Å². The van der Waals surface area contributed by atoms with Crippen LogP contribution in [-0.2, 0) is 0 Å². The van der Waals surface area contributed by atoms with Crippen molar-refractivity contribution in [1.82, 2.24) is 24.6 Å². The second-order valence-electron chi connectivity index (χ2n) is 4.02. The van der Waals surface area contributed by atoms with Gasteiger partial charge in [0.05, 0.1) is 6.04 Å². The quantitative estimate of drug-likeness (QED) is 0.734. The van der Waals surface area contributed by atoms with Crippen molar-refractivity contribution in [3.05, 3.63) is 42.6 Å². The van der Waals surface area contributed by atoms with Gasteiger partial charge in [-0.1, -0.05) is 13.0 Å². The maximum atomic E-state index is 4.41. The number of anilines is 1. The highest BCUT2D eigenvalue weighted by molar-refractivity contribution is 5.43. The lowest BCUT2D eigenvalue weighted by atomic mass is 10.2. The Morgan fingerprint density at radius 3 is 3.11 bits per heavy atom.